The van der Waals surface area contributed by atoms with Gasteiger partial charge in [0.25, 0.3) is 5.91 Å². The number of carbonyl (C=O) groups excluding carboxylic acids is 2. The number of anilines is 1. The van der Waals surface area contributed by atoms with Gasteiger partial charge in [0.1, 0.15) is 9.75 Å². The number of rotatable bonds is 4. The molecule has 1 aliphatic carbocycles. The lowest BCUT2D eigenvalue weighted by Gasteiger charge is -2.12. The highest BCUT2D eigenvalue weighted by molar-refractivity contribution is 9.10. The van der Waals surface area contributed by atoms with Crippen molar-refractivity contribution in [2.45, 2.75) is 24.6 Å². The molecule has 1 atom stereocenters. The topological polar surface area (TPSA) is 55.4 Å². The van der Waals surface area contributed by atoms with Gasteiger partial charge in [0, 0.05) is 16.6 Å². The lowest BCUT2D eigenvalue weighted by Crippen LogP contribution is -2.26. The number of ether oxygens (including phenoxy) is 1. The van der Waals surface area contributed by atoms with E-state index >= 15 is 0 Å². The molecule has 0 unspecified atom stereocenters. The van der Waals surface area contributed by atoms with Crippen LogP contribution in [0.1, 0.15) is 18.9 Å². The Labute approximate surface area is 141 Å². The SMILES string of the molecule is Cc1ccc(NC(=O)COC(=O)[C@@]2(C)CC2(Cl)Cl)cc1Br. The minimum Gasteiger partial charge on any atom is -0.455 e. The number of hydrogen-bond acceptors (Lipinski definition) is 3. The largest absolute Gasteiger partial charge is 0.455 e. The molecule has 114 valence electrons. The first-order valence-electron chi connectivity index (χ1n) is 6.27. The molecule has 2 rings (SSSR count). The van der Waals surface area contributed by atoms with Crippen LogP contribution in [0.4, 0.5) is 5.69 Å². The lowest BCUT2D eigenvalue weighted by atomic mass is 10.1. The first kappa shape index (κ1) is 16.6. The highest BCUT2D eigenvalue weighted by Crippen LogP contribution is 2.64. The molecule has 1 saturated carbocycles. The van der Waals surface area contributed by atoms with E-state index < -0.39 is 21.6 Å². The monoisotopic (exact) mass is 393 g/mol. The Hall–Kier alpha value is -0.780. The fraction of sp³-hybridized carbons (Fsp3) is 0.429. The molecule has 0 spiro atoms. The molecule has 0 bridgehead atoms. The first-order chi connectivity index (χ1) is 9.65. The van der Waals surface area contributed by atoms with Gasteiger partial charge < -0.3 is 10.1 Å². The summed E-state index contributed by atoms with van der Waals surface area (Å²) >= 11 is 15.1. The van der Waals surface area contributed by atoms with E-state index in [-0.39, 0.29) is 6.61 Å². The molecule has 1 aromatic carbocycles. The number of alkyl halides is 2. The van der Waals surface area contributed by atoms with Crippen molar-refractivity contribution in [2.75, 3.05) is 11.9 Å². The number of aryl methyl sites for hydroxylation is 1. The van der Waals surface area contributed by atoms with Crippen molar-refractivity contribution in [3.63, 3.8) is 0 Å². The summed E-state index contributed by atoms with van der Waals surface area (Å²) in [6.45, 7) is 3.19. The maximum atomic E-state index is 11.8. The second-order valence-corrected chi connectivity index (χ2v) is 7.64. The second-order valence-electron chi connectivity index (χ2n) is 5.30. The van der Waals surface area contributed by atoms with Crippen molar-refractivity contribution in [1.29, 1.82) is 0 Å². The van der Waals surface area contributed by atoms with Crippen LogP contribution in [0.15, 0.2) is 22.7 Å². The molecule has 0 saturated heterocycles. The average molecular weight is 395 g/mol. The van der Waals surface area contributed by atoms with Gasteiger partial charge in [-0.1, -0.05) is 22.0 Å². The Morgan fingerprint density at radius 2 is 2.05 bits per heavy atom. The lowest BCUT2D eigenvalue weighted by molar-refractivity contribution is -0.152. The summed E-state index contributed by atoms with van der Waals surface area (Å²) in [4.78, 5) is 23.6. The number of benzene rings is 1. The van der Waals surface area contributed by atoms with E-state index in [1.54, 1.807) is 19.1 Å². The van der Waals surface area contributed by atoms with E-state index in [0.29, 0.717) is 12.1 Å². The molecule has 4 nitrogen and oxygen atoms in total. The van der Waals surface area contributed by atoms with Gasteiger partial charge >= 0.3 is 5.97 Å². The van der Waals surface area contributed by atoms with Crippen molar-refractivity contribution in [3.8, 4) is 0 Å². The summed E-state index contributed by atoms with van der Waals surface area (Å²) in [5, 5.41) is 2.65. The Kier molecular flexibility index (Phi) is 4.57. The van der Waals surface area contributed by atoms with Gasteiger partial charge in [-0.3, -0.25) is 9.59 Å². The third-order valence-corrected chi connectivity index (χ3v) is 5.45. The molecule has 21 heavy (non-hydrogen) atoms. The summed E-state index contributed by atoms with van der Waals surface area (Å²) in [6, 6.07) is 5.41. The van der Waals surface area contributed by atoms with Crippen LogP contribution in [0.3, 0.4) is 0 Å². The smallest absolute Gasteiger partial charge is 0.315 e. The van der Waals surface area contributed by atoms with Gasteiger partial charge in [-0.25, -0.2) is 0 Å². The number of nitrogens with one attached hydrogen (secondary N) is 1. The molecular weight excluding hydrogens is 381 g/mol. The minimum absolute atomic E-state index is 0.328. The molecule has 0 heterocycles. The molecule has 7 heteroatoms. The summed E-state index contributed by atoms with van der Waals surface area (Å²) in [6.07, 6.45) is 0.328. The zero-order valence-corrected chi connectivity index (χ0v) is 14.6. The highest BCUT2D eigenvalue weighted by Gasteiger charge is 2.69. The molecule has 0 aromatic heterocycles. The van der Waals surface area contributed by atoms with Gasteiger partial charge in [0.15, 0.2) is 6.61 Å². The summed E-state index contributed by atoms with van der Waals surface area (Å²) < 4.78 is 4.75. The van der Waals surface area contributed by atoms with Gasteiger partial charge in [-0.15, -0.1) is 23.2 Å². The third kappa shape index (κ3) is 3.52. The first-order valence-corrected chi connectivity index (χ1v) is 7.82. The molecule has 1 amide bonds. The summed E-state index contributed by atoms with van der Waals surface area (Å²) in [7, 11) is 0. The van der Waals surface area contributed by atoms with Crippen LogP contribution >= 0.6 is 39.1 Å². The molecule has 1 aromatic rings. The van der Waals surface area contributed by atoms with Crippen molar-refractivity contribution in [3.05, 3.63) is 28.2 Å². The maximum Gasteiger partial charge on any atom is 0.315 e. The number of halogens is 3. The predicted octanol–water partition coefficient (Wildman–Crippen LogP) is 3.82. The van der Waals surface area contributed by atoms with E-state index in [9.17, 15) is 9.59 Å². The predicted molar refractivity (Wildman–Crippen MR) is 85.6 cm³/mol. The van der Waals surface area contributed by atoms with Crippen molar-refractivity contribution >= 4 is 56.7 Å². The zero-order chi connectivity index (χ0) is 15.8. The number of hydrogen-bond donors (Lipinski definition) is 1. The fourth-order valence-electron chi connectivity index (χ4n) is 1.78. The van der Waals surface area contributed by atoms with Crippen molar-refractivity contribution in [2.24, 2.45) is 5.41 Å². The Bertz CT molecular complexity index is 606. The van der Waals surface area contributed by atoms with E-state index in [1.165, 1.54) is 0 Å². The number of carbonyl (C=O) groups is 2. The molecular formula is C14H14BrCl2NO3. The molecule has 0 radical (unpaired) electrons. The highest BCUT2D eigenvalue weighted by atomic mass is 79.9. The van der Waals surface area contributed by atoms with Crippen LogP contribution in [0.5, 0.6) is 0 Å². The van der Waals surface area contributed by atoms with Crippen LogP contribution in [-0.2, 0) is 14.3 Å². The summed E-state index contributed by atoms with van der Waals surface area (Å²) in [5.41, 5.74) is 0.750. The minimum atomic E-state index is -1.09. The molecule has 1 aliphatic rings. The molecule has 0 aliphatic heterocycles. The Morgan fingerprint density at radius 3 is 2.57 bits per heavy atom. The van der Waals surface area contributed by atoms with Gasteiger partial charge in [-0.05, 0) is 31.5 Å². The van der Waals surface area contributed by atoms with E-state index in [1.807, 2.05) is 13.0 Å². The normalized spacial score (nSPS) is 22.5. The van der Waals surface area contributed by atoms with Gasteiger partial charge in [-0.2, -0.15) is 0 Å². The number of esters is 1. The van der Waals surface area contributed by atoms with Crippen LogP contribution in [-0.4, -0.2) is 22.8 Å². The van der Waals surface area contributed by atoms with Crippen molar-refractivity contribution in [1.82, 2.24) is 0 Å². The average Bonchev–Trinajstić information content (AvgIpc) is 2.91. The number of amides is 1. The Balaban J connectivity index is 1.85. The van der Waals surface area contributed by atoms with Gasteiger partial charge in [0.05, 0.1) is 0 Å². The van der Waals surface area contributed by atoms with E-state index in [2.05, 4.69) is 21.2 Å². The zero-order valence-electron chi connectivity index (χ0n) is 11.5. The van der Waals surface area contributed by atoms with Crippen LogP contribution in [0.25, 0.3) is 0 Å². The van der Waals surface area contributed by atoms with E-state index in [0.717, 1.165) is 10.0 Å². The Morgan fingerprint density at radius 1 is 1.43 bits per heavy atom. The van der Waals surface area contributed by atoms with Crippen LogP contribution < -0.4 is 5.32 Å². The van der Waals surface area contributed by atoms with E-state index in [4.69, 9.17) is 27.9 Å². The summed E-state index contributed by atoms with van der Waals surface area (Å²) in [5.74, 6) is -0.981. The third-order valence-electron chi connectivity index (χ3n) is 3.50. The maximum absolute atomic E-state index is 11.8. The standard InChI is InChI=1S/C14H14BrCl2NO3/c1-8-3-4-9(5-10(8)15)18-11(19)6-21-12(20)13(2)7-14(13,16)17/h3-5H,6-7H2,1-2H3,(H,18,19)/t13-/m1/s1. The van der Waals surface area contributed by atoms with Gasteiger partial charge in [0.2, 0.25) is 0 Å². The molecule has 1 fully saturated rings. The van der Waals surface area contributed by atoms with Crippen LogP contribution in [0.2, 0.25) is 0 Å². The van der Waals surface area contributed by atoms with Crippen molar-refractivity contribution < 1.29 is 14.3 Å². The second kappa shape index (κ2) is 5.78. The van der Waals surface area contributed by atoms with Crippen LogP contribution in [0, 0.1) is 12.3 Å². The quantitative estimate of drug-likeness (QED) is 0.623. The fourth-order valence-corrected chi connectivity index (χ4v) is 2.85. The molecule has 1 N–H and O–H groups in total.